The van der Waals surface area contributed by atoms with Gasteiger partial charge in [-0.25, -0.2) is 4.98 Å². The Hall–Kier alpha value is -2.68. The molecule has 6 nitrogen and oxygen atoms in total. The van der Waals surface area contributed by atoms with Crippen LogP contribution < -0.4 is 5.56 Å². The van der Waals surface area contributed by atoms with Gasteiger partial charge in [-0.15, -0.1) is 0 Å². The molecule has 194 valence electrons. The highest BCUT2D eigenvalue weighted by atomic mass is 79.9. The highest BCUT2D eigenvalue weighted by Crippen LogP contribution is 2.24. The SMILES string of the molecule is Cc1nc(SC(C)C(=O)N2CCN(C/C=C/c3ccccc3)CC2)n(C)c(=O)c1Cc1ccc(Br)cc1. The minimum atomic E-state index is -0.320. The molecular weight excluding hydrogens is 548 g/mol. The van der Waals surface area contributed by atoms with Crippen LogP contribution in [0.3, 0.4) is 0 Å². The van der Waals surface area contributed by atoms with E-state index in [1.165, 1.54) is 17.3 Å². The van der Waals surface area contributed by atoms with Crippen molar-refractivity contribution in [1.82, 2.24) is 19.4 Å². The van der Waals surface area contributed by atoms with Gasteiger partial charge in [0.1, 0.15) is 0 Å². The van der Waals surface area contributed by atoms with Crippen LogP contribution in [0, 0.1) is 6.92 Å². The molecule has 0 bridgehead atoms. The quantitative estimate of drug-likeness (QED) is 0.283. The van der Waals surface area contributed by atoms with Gasteiger partial charge < -0.3 is 4.90 Å². The molecule has 1 aromatic heterocycles. The second kappa shape index (κ2) is 12.7. The van der Waals surface area contributed by atoms with Crippen LogP contribution in [0.1, 0.15) is 29.3 Å². The van der Waals surface area contributed by atoms with E-state index < -0.39 is 0 Å². The maximum atomic E-state index is 13.2. The number of halogens is 1. The Bertz CT molecular complexity index is 1300. The van der Waals surface area contributed by atoms with Crippen molar-refractivity contribution in [2.45, 2.75) is 30.7 Å². The Kier molecular flexibility index (Phi) is 9.40. The number of aromatic nitrogens is 2. The number of piperazine rings is 1. The van der Waals surface area contributed by atoms with Crippen LogP contribution in [0.4, 0.5) is 0 Å². The summed E-state index contributed by atoms with van der Waals surface area (Å²) >= 11 is 4.81. The smallest absolute Gasteiger partial charge is 0.257 e. The number of hydrogen-bond donors (Lipinski definition) is 0. The Morgan fingerprint density at radius 2 is 1.76 bits per heavy atom. The summed E-state index contributed by atoms with van der Waals surface area (Å²) in [4.78, 5) is 35.3. The van der Waals surface area contributed by atoms with Crippen molar-refractivity contribution in [3.05, 3.63) is 97.9 Å². The van der Waals surface area contributed by atoms with Crippen LogP contribution in [0.25, 0.3) is 6.08 Å². The maximum absolute atomic E-state index is 13.2. The van der Waals surface area contributed by atoms with Gasteiger partial charge in [-0.2, -0.15) is 0 Å². The van der Waals surface area contributed by atoms with Crippen molar-refractivity contribution in [1.29, 1.82) is 0 Å². The van der Waals surface area contributed by atoms with Crippen LogP contribution >= 0.6 is 27.7 Å². The molecule has 1 amide bonds. The van der Waals surface area contributed by atoms with Gasteiger partial charge in [-0.1, -0.05) is 82.3 Å². The molecule has 0 spiro atoms. The fourth-order valence-electron chi connectivity index (χ4n) is 4.36. The summed E-state index contributed by atoms with van der Waals surface area (Å²) in [6, 6.07) is 18.2. The number of amides is 1. The molecule has 1 fully saturated rings. The molecule has 0 N–H and O–H groups in total. The second-order valence-electron chi connectivity index (χ2n) is 9.32. The Labute approximate surface area is 231 Å². The van der Waals surface area contributed by atoms with Gasteiger partial charge in [0, 0.05) is 61.9 Å². The molecule has 1 aliphatic rings. The molecule has 1 saturated heterocycles. The largest absolute Gasteiger partial charge is 0.339 e. The molecule has 2 heterocycles. The number of hydrogen-bond acceptors (Lipinski definition) is 5. The van der Waals surface area contributed by atoms with Crippen LogP contribution in [0.15, 0.2) is 75.1 Å². The predicted octanol–water partition coefficient (Wildman–Crippen LogP) is 4.78. The summed E-state index contributed by atoms with van der Waals surface area (Å²) < 4.78 is 2.58. The van der Waals surface area contributed by atoms with Gasteiger partial charge in [0.05, 0.1) is 5.25 Å². The Morgan fingerprint density at radius 3 is 2.43 bits per heavy atom. The minimum Gasteiger partial charge on any atom is -0.339 e. The maximum Gasteiger partial charge on any atom is 0.257 e. The highest BCUT2D eigenvalue weighted by Gasteiger charge is 2.26. The van der Waals surface area contributed by atoms with Crippen LogP contribution in [-0.4, -0.2) is 63.2 Å². The second-order valence-corrected chi connectivity index (χ2v) is 11.5. The Balaban J connectivity index is 1.33. The third-order valence-corrected chi connectivity index (χ3v) is 8.29. The van der Waals surface area contributed by atoms with Gasteiger partial charge in [-0.05, 0) is 37.1 Å². The number of carbonyl (C=O) groups excluding carboxylic acids is 1. The summed E-state index contributed by atoms with van der Waals surface area (Å²) in [6.45, 7) is 7.77. The number of rotatable bonds is 8. The molecule has 1 aliphatic heterocycles. The first-order valence-corrected chi connectivity index (χ1v) is 14.2. The van der Waals surface area contributed by atoms with Crippen LogP contribution in [0.2, 0.25) is 0 Å². The van der Waals surface area contributed by atoms with E-state index in [0.29, 0.717) is 35.9 Å². The summed E-state index contributed by atoms with van der Waals surface area (Å²) in [7, 11) is 1.74. The number of nitrogens with zero attached hydrogens (tertiary/aromatic N) is 4. The van der Waals surface area contributed by atoms with Gasteiger partial charge in [0.15, 0.2) is 5.16 Å². The average Bonchev–Trinajstić information content (AvgIpc) is 2.91. The molecule has 0 aliphatic carbocycles. The van der Waals surface area contributed by atoms with Crippen molar-refractivity contribution in [2.24, 2.45) is 7.05 Å². The lowest BCUT2D eigenvalue weighted by Gasteiger charge is -2.35. The highest BCUT2D eigenvalue weighted by molar-refractivity contribution is 9.10. The average molecular weight is 582 g/mol. The fourth-order valence-corrected chi connectivity index (χ4v) is 5.62. The van der Waals surface area contributed by atoms with Crippen molar-refractivity contribution in [3.8, 4) is 0 Å². The minimum absolute atomic E-state index is 0.0604. The van der Waals surface area contributed by atoms with E-state index in [0.717, 1.165) is 29.7 Å². The van der Waals surface area contributed by atoms with E-state index in [2.05, 4.69) is 45.1 Å². The van der Waals surface area contributed by atoms with Crippen molar-refractivity contribution in [3.63, 3.8) is 0 Å². The van der Waals surface area contributed by atoms with Crippen molar-refractivity contribution >= 4 is 39.7 Å². The van der Waals surface area contributed by atoms with Crippen molar-refractivity contribution < 1.29 is 4.79 Å². The summed E-state index contributed by atoms with van der Waals surface area (Å²) in [5.41, 5.74) is 3.59. The molecular formula is C29H33BrN4O2S. The first-order valence-electron chi connectivity index (χ1n) is 12.5. The first kappa shape index (κ1) is 27.4. The Morgan fingerprint density at radius 1 is 1.08 bits per heavy atom. The molecule has 0 radical (unpaired) electrons. The molecule has 4 rings (SSSR count). The summed E-state index contributed by atoms with van der Waals surface area (Å²) in [5, 5.41) is 0.256. The monoisotopic (exact) mass is 580 g/mol. The summed E-state index contributed by atoms with van der Waals surface area (Å²) in [5.74, 6) is 0.0929. The molecule has 8 heteroatoms. The number of benzene rings is 2. The number of carbonyl (C=O) groups is 1. The van der Waals surface area contributed by atoms with E-state index in [9.17, 15) is 9.59 Å². The molecule has 0 saturated carbocycles. The topological polar surface area (TPSA) is 58.4 Å². The van der Waals surface area contributed by atoms with E-state index in [1.54, 1.807) is 11.6 Å². The van der Waals surface area contributed by atoms with E-state index in [1.807, 2.05) is 61.2 Å². The lowest BCUT2D eigenvalue weighted by atomic mass is 10.1. The molecule has 3 aromatic rings. The first-order chi connectivity index (χ1) is 17.8. The van der Waals surface area contributed by atoms with Gasteiger partial charge in [-0.3, -0.25) is 19.1 Å². The molecule has 1 atom stereocenters. The fraction of sp³-hybridized carbons (Fsp3) is 0.345. The normalized spacial score (nSPS) is 15.3. The lowest BCUT2D eigenvalue weighted by Crippen LogP contribution is -2.50. The summed E-state index contributed by atoms with van der Waals surface area (Å²) in [6.07, 6.45) is 4.85. The van der Waals surface area contributed by atoms with Crippen LogP contribution in [0.5, 0.6) is 0 Å². The van der Waals surface area contributed by atoms with E-state index >= 15 is 0 Å². The van der Waals surface area contributed by atoms with E-state index in [-0.39, 0.29) is 16.7 Å². The van der Waals surface area contributed by atoms with Crippen molar-refractivity contribution in [2.75, 3.05) is 32.7 Å². The number of aryl methyl sites for hydroxylation is 1. The van der Waals surface area contributed by atoms with Crippen LogP contribution in [-0.2, 0) is 18.3 Å². The third-order valence-electron chi connectivity index (χ3n) is 6.63. The zero-order valence-electron chi connectivity index (χ0n) is 21.6. The zero-order valence-corrected chi connectivity index (χ0v) is 24.0. The molecule has 2 aromatic carbocycles. The van der Waals surface area contributed by atoms with Gasteiger partial charge >= 0.3 is 0 Å². The van der Waals surface area contributed by atoms with Gasteiger partial charge in [0.2, 0.25) is 5.91 Å². The number of thioether (sulfide) groups is 1. The predicted molar refractivity (Wildman–Crippen MR) is 155 cm³/mol. The van der Waals surface area contributed by atoms with Gasteiger partial charge in [0.25, 0.3) is 5.56 Å². The molecule has 37 heavy (non-hydrogen) atoms. The zero-order chi connectivity index (χ0) is 26.4. The third kappa shape index (κ3) is 7.21. The molecule has 1 unspecified atom stereocenters. The van der Waals surface area contributed by atoms with E-state index in [4.69, 9.17) is 4.98 Å². The standard InChI is InChI=1S/C29H33BrN4O2S/c1-21-26(20-24-11-13-25(30)14-12-24)28(36)32(3)29(31-21)37-22(2)27(35)34-18-16-33(17-19-34)15-7-10-23-8-5-4-6-9-23/h4-14,22H,15-20H2,1-3H3/b10-7+. The lowest BCUT2D eigenvalue weighted by molar-refractivity contribution is -0.131.